The molecule has 0 saturated carbocycles. The summed E-state index contributed by atoms with van der Waals surface area (Å²) in [6.07, 6.45) is 0.509. The molecule has 1 aromatic heterocycles. The van der Waals surface area contributed by atoms with Crippen molar-refractivity contribution in [2.75, 3.05) is 14.2 Å². The van der Waals surface area contributed by atoms with Crippen LogP contribution in [0.25, 0.3) is 5.69 Å². The summed E-state index contributed by atoms with van der Waals surface area (Å²) in [6.45, 7) is 1.93. The van der Waals surface area contributed by atoms with Crippen LogP contribution < -0.4 is 10.3 Å². The maximum atomic E-state index is 12.1. The highest BCUT2D eigenvalue weighted by Gasteiger charge is 2.09. The van der Waals surface area contributed by atoms with E-state index in [0.29, 0.717) is 11.3 Å². The van der Waals surface area contributed by atoms with E-state index in [1.807, 2.05) is 19.1 Å². The molecule has 20 heavy (non-hydrogen) atoms. The summed E-state index contributed by atoms with van der Waals surface area (Å²) in [6, 6.07) is 8.51. The van der Waals surface area contributed by atoms with E-state index in [1.54, 1.807) is 25.4 Å². The third-order valence-electron chi connectivity index (χ3n) is 3.12. The van der Waals surface area contributed by atoms with Crippen LogP contribution in [0.5, 0.6) is 5.75 Å². The number of methoxy groups -OCH3 is 2. The van der Waals surface area contributed by atoms with Gasteiger partial charge in [-0.25, -0.2) is 0 Å². The van der Waals surface area contributed by atoms with Crippen molar-refractivity contribution in [3.8, 4) is 11.4 Å². The van der Waals surface area contributed by atoms with Crippen LogP contribution in [0.15, 0.2) is 41.3 Å². The van der Waals surface area contributed by atoms with Gasteiger partial charge in [0.2, 0.25) is 0 Å². The number of hydrogen-bond acceptors (Lipinski definition) is 4. The summed E-state index contributed by atoms with van der Waals surface area (Å²) < 4.78 is 11.5. The van der Waals surface area contributed by atoms with Crippen LogP contribution in [0.2, 0.25) is 0 Å². The van der Waals surface area contributed by atoms with Crippen LogP contribution in [0.1, 0.15) is 17.4 Å². The van der Waals surface area contributed by atoms with E-state index in [9.17, 15) is 9.90 Å². The van der Waals surface area contributed by atoms with Crippen LogP contribution in [-0.2, 0) is 4.74 Å². The first-order valence-electron chi connectivity index (χ1n) is 6.15. The second kappa shape index (κ2) is 5.90. The van der Waals surface area contributed by atoms with E-state index in [1.165, 1.54) is 17.7 Å². The predicted molar refractivity (Wildman–Crippen MR) is 75.3 cm³/mol. The second-order valence-corrected chi connectivity index (χ2v) is 4.41. The van der Waals surface area contributed by atoms with Gasteiger partial charge in [0, 0.05) is 31.0 Å². The molecule has 0 aliphatic carbocycles. The van der Waals surface area contributed by atoms with Crippen molar-refractivity contribution in [3.63, 3.8) is 0 Å². The van der Waals surface area contributed by atoms with Gasteiger partial charge in [-0.3, -0.25) is 9.36 Å². The third-order valence-corrected chi connectivity index (χ3v) is 3.12. The van der Waals surface area contributed by atoms with E-state index in [4.69, 9.17) is 9.47 Å². The Morgan fingerprint density at radius 3 is 2.55 bits per heavy atom. The Morgan fingerprint density at radius 1 is 1.20 bits per heavy atom. The van der Waals surface area contributed by atoms with Crippen LogP contribution in [-0.4, -0.2) is 23.9 Å². The molecule has 0 fully saturated rings. The maximum Gasteiger partial charge on any atom is 0.255 e. The summed E-state index contributed by atoms with van der Waals surface area (Å²) in [5.74, 6) is 0.718. The molecule has 2 rings (SSSR count). The van der Waals surface area contributed by atoms with Crippen molar-refractivity contribution in [3.05, 3.63) is 58.0 Å². The minimum atomic E-state index is -1.09. The summed E-state index contributed by atoms with van der Waals surface area (Å²) in [7, 11) is 2.97. The fraction of sp³-hybridized carbons (Fsp3) is 0.267. The van der Waals surface area contributed by atoms with Gasteiger partial charge in [-0.05, 0) is 24.6 Å². The maximum absolute atomic E-state index is 12.1. The largest absolute Gasteiger partial charge is 0.496 e. The van der Waals surface area contributed by atoms with Gasteiger partial charge < -0.3 is 14.6 Å². The molecular formula is C15H17NO4. The van der Waals surface area contributed by atoms with Crippen molar-refractivity contribution in [2.45, 2.75) is 13.2 Å². The number of aliphatic hydroxyl groups excluding tert-OH is 1. The molecule has 1 unspecified atom stereocenters. The van der Waals surface area contributed by atoms with Crippen molar-refractivity contribution in [1.82, 2.24) is 4.57 Å². The molecule has 0 amide bonds. The van der Waals surface area contributed by atoms with E-state index >= 15 is 0 Å². The number of aliphatic hydroxyl groups is 1. The highest BCUT2D eigenvalue weighted by molar-refractivity contribution is 5.44. The van der Waals surface area contributed by atoms with Crippen molar-refractivity contribution < 1.29 is 14.6 Å². The molecule has 1 N–H and O–H groups in total. The van der Waals surface area contributed by atoms with E-state index in [2.05, 4.69) is 0 Å². The standard InChI is InChI=1S/C15H17NO4/c1-10-4-5-12(9-13(10)19-2)16-7-6-11(8-14(16)17)15(18)20-3/h4-9,15,18H,1-3H3. The molecule has 106 valence electrons. The van der Waals surface area contributed by atoms with Gasteiger partial charge in [-0.15, -0.1) is 0 Å². The zero-order valence-corrected chi connectivity index (χ0v) is 11.7. The molecule has 2 aromatic rings. The minimum Gasteiger partial charge on any atom is -0.496 e. The first-order valence-corrected chi connectivity index (χ1v) is 6.15. The van der Waals surface area contributed by atoms with Gasteiger partial charge in [0.05, 0.1) is 12.8 Å². The number of nitrogens with zero attached hydrogens (tertiary/aromatic N) is 1. The molecule has 0 spiro atoms. The third kappa shape index (κ3) is 2.74. The van der Waals surface area contributed by atoms with Gasteiger partial charge in [-0.2, -0.15) is 0 Å². The fourth-order valence-corrected chi connectivity index (χ4v) is 1.96. The smallest absolute Gasteiger partial charge is 0.255 e. The molecule has 1 heterocycles. The molecule has 0 aliphatic rings. The lowest BCUT2D eigenvalue weighted by Crippen LogP contribution is -2.18. The Kier molecular flexibility index (Phi) is 4.22. The molecule has 5 heteroatoms. The predicted octanol–water partition coefficient (Wildman–Crippen LogP) is 1.79. The Balaban J connectivity index is 2.46. The molecule has 0 saturated heterocycles. The average molecular weight is 275 g/mol. The monoisotopic (exact) mass is 275 g/mol. The zero-order valence-electron chi connectivity index (χ0n) is 11.7. The summed E-state index contributed by atoms with van der Waals surface area (Å²) in [5.41, 5.74) is 1.88. The number of pyridine rings is 1. The van der Waals surface area contributed by atoms with Crippen LogP contribution in [0.3, 0.4) is 0 Å². The Hall–Kier alpha value is -2.11. The van der Waals surface area contributed by atoms with Crippen LogP contribution >= 0.6 is 0 Å². The number of aromatic nitrogens is 1. The van der Waals surface area contributed by atoms with Crippen molar-refractivity contribution in [2.24, 2.45) is 0 Å². The van der Waals surface area contributed by atoms with E-state index in [-0.39, 0.29) is 5.56 Å². The Morgan fingerprint density at radius 2 is 1.95 bits per heavy atom. The van der Waals surface area contributed by atoms with Crippen LogP contribution in [0.4, 0.5) is 0 Å². The lowest BCUT2D eigenvalue weighted by atomic mass is 10.2. The van der Waals surface area contributed by atoms with E-state index < -0.39 is 6.29 Å². The SMILES string of the molecule is COc1cc(-n2ccc(C(O)OC)cc2=O)ccc1C. The second-order valence-electron chi connectivity index (χ2n) is 4.41. The summed E-state index contributed by atoms with van der Waals surface area (Å²) >= 11 is 0. The van der Waals surface area contributed by atoms with Gasteiger partial charge in [0.1, 0.15) is 5.75 Å². The quantitative estimate of drug-likeness (QED) is 0.864. The van der Waals surface area contributed by atoms with Gasteiger partial charge >= 0.3 is 0 Å². The highest BCUT2D eigenvalue weighted by atomic mass is 16.6. The molecule has 0 aliphatic heterocycles. The average Bonchev–Trinajstić information content (AvgIpc) is 2.47. The molecule has 5 nitrogen and oxygen atoms in total. The van der Waals surface area contributed by atoms with Crippen LogP contribution in [0, 0.1) is 6.92 Å². The highest BCUT2D eigenvalue weighted by Crippen LogP contribution is 2.21. The van der Waals surface area contributed by atoms with Gasteiger partial charge in [0.15, 0.2) is 6.29 Å². The zero-order chi connectivity index (χ0) is 14.7. The minimum absolute atomic E-state index is 0.246. The van der Waals surface area contributed by atoms with E-state index in [0.717, 1.165) is 11.3 Å². The topological polar surface area (TPSA) is 60.7 Å². The first kappa shape index (κ1) is 14.3. The van der Waals surface area contributed by atoms with Crippen molar-refractivity contribution in [1.29, 1.82) is 0 Å². The summed E-state index contributed by atoms with van der Waals surface area (Å²) in [5, 5.41) is 9.54. The first-order chi connectivity index (χ1) is 9.56. The fourth-order valence-electron chi connectivity index (χ4n) is 1.96. The molecule has 1 atom stereocenters. The number of ether oxygens (including phenoxy) is 2. The Labute approximate surface area is 117 Å². The number of hydrogen-bond donors (Lipinski definition) is 1. The number of aryl methyl sites for hydroxylation is 1. The molecule has 0 radical (unpaired) electrons. The van der Waals surface area contributed by atoms with Gasteiger partial charge in [0.25, 0.3) is 5.56 Å². The molecule has 1 aromatic carbocycles. The van der Waals surface area contributed by atoms with Crippen molar-refractivity contribution >= 4 is 0 Å². The van der Waals surface area contributed by atoms with Gasteiger partial charge in [-0.1, -0.05) is 6.07 Å². The number of rotatable bonds is 4. The molecule has 0 bridgehead atoms. The normalized spacial score (nSPS) is 12.2. The lowest BCUT2D eigenvalue weighted by molar-refractivity contribution is -0.0770. The molecular weight excluding hydrogens is 258 g/mol. The number of benzene rings is 1. The summed E-state index contributed by atoms with van der Waals surface area (Å²) in [4.78, 5) is 12.1. The lowest BCUT2D eigenvalue weighted by Gasteiger charge is -2.12. The Bertz CT molecular complexity index is 663.